The van der Waals surface area contributed by atoms with Gasteiger partial charge in [-0.1, -0.05) is 0 Å². The van der Waals surface area contributed by atoms with Crippen molar-refractivity contribution in [3.63, 3.8) is 0 Å². The van der Waals surface area contributed by atoms with Crippen molar-refractivity contribution in [3.8, 4) is 17.2 Å². The van der Waals surface area contributed by atoms with Gasteiger partial charge in [0.05, 0.1) is 25.9 Å². The zero-order valence-corrected chi connectivity index (χ0v) is 16.1. The maximum atomic E-state index is 12.5. The van der Waals surface area contributed by atoms with Crippen LogP contribution in [-0.4, -0.2) is 37.4 Å². The Balaban J connectivity index is 2.19. The van der Waals surface area contributed by atoms with Crippen LogP contribution in [0.5, 0.6) is 17.2 Å². The van der Waals surface area contributed by atoms with Gasteiger partial charge in [-0.05, 0) is 55.3 Å². The molecule has 0 saturated heterocycles. The summed E-state index contributed by atoms with van der Waals surface area (Å²) in [5.41, 5.74) is 1.17. The first-order chi connectivity index (χ1) is 12.6. The van der Waals surface area contributed by atoms with Crippen LogP contribution < -0.4 is 19.5 Å². The molecule has 0 spiro atoms. The molecule has 0 saturated carbocycles. The van der Waals surface area contributed by atoms with Gasteiger partial charge in [-0.2, -0.15) is 11.3 Å². The van der Waals surface area contributed by atoms with Crippen LogP contribution in [0.4, 0.5) is 0 Å². The Hall–Kier alpha value is -2.25. The smallest absolute Gasteiger partial charge is 0.251 e. The van der Waals surface area contributed by atoms with Crippen LogP contribution in [0, 0.1) is 0 Å². The number of aliphatic hydroxyl groups excluding tert-OH is 1. The van der Waals surface area contributed by atoms with Crippen LogP contribution in [-0.2, 0) is 0 Å². The molecule has 2 rings (SSSR count). The molecule has 0 aliphatic carbocycles. The topological polar surface area (TPSA) is 77.0 Å². The minimum Gasteiger partial charge on any atom is -0.490 e. The molecule has 2 N–H and O–H groups in total. The molecule has 1 aromatic carbocycles. The third-order valence-electron chi connectivity index (χ3n) is 3.56. The first-order valence-corrected chi connectivity index (χ1v) is 9.59. The maximum absolute atomic E-state index is 12.5. The van der Waals surface area contributed by atoms with Crippen LogP contribution in [0.3, 0.4) is 0 Å². The van der Waals surface area contributed by atoms with Crippen molar-refractivity contribution in [1.29, 1.82) is 0 Å². The second-order valence-corrected chi connectivity index (χ2v) is 6.16. The number of carbonyl (C=O) groups excluding carboxylic acids is 1. The van der Waals surface area contributed by atoms with Gasteiger partial charge in [-0.15, -0.1) is 0 Å². The lowest BCUT2D eigenvalue weighted by Crippen LogP contribution is -2.28. The van der Waals surface area contributed by atoms with Crippen molar-refractivity contribution in [2.24, 2.45) is 0 Å². The molecule has 0 radical (unpaired) electrons. The first kappa shape index (κ1) is 20.1. The standard InChI is InChI=1S/C19H25NO5S/c1-4-23-16-9-14(10-17(24-5-2)18(16)25-6-3)19(22)20-11-15(21)13-7-8-26-12-13/h7-10,12,15,21H,4-6,11H2,1-3H3,(H,20,22). The molecule has 1 unspecified atom stereocenters. The van der Waals surface area contributed by atoms with Gasteiger partial charge >= 0.3 is 0 Å². The summed E-state index contributed by atoms with van der Waals surface area (Å²) in [6.07, 6.45) is -0.745. The second-order valence-electron chi connectivity index (χ2n) is 5.38. The molecule has 7 heteroatoms. The van der Waals surface area contributed by atoms with Crippen molar-refractivity contribution in [2.45, 2.75) is 26.9 Å². The van der Waals surface area contributed by atoms with Crippen LogP contribution in [0.1, 0.15) is 42.8 Å². The van der Waals surface area contributed by atoms with E-state index in [2.05, 4.69) is 5.32 Å². The monoisotopic (exact) mass is 379 g/mol. The van der Waals surface area contributed by atoms with E-state index in [0.29, 0.717) is 42.6 Å². The lowest BCUT2D eigenvalue weighted by molar-refractivity contribution is 0.0915. The first-order valence-electron chi connectivity index (χ1n) is 8.65. The molecule has 0 bridgehead atoms. The molecular weight excluding hydrogens is 354 g/mol. The fourth-order valence-corrected chi connectivity index (χ4v) is 3.10. The van der Waals surface area contributed by atoms with Crippen molar-refractivity contribution in [3.05, 3.63) is 40.1 Å². The van der Waals surface area contributed by atoms with Crippen LogP contribution in [0.2, 0.25) is 0 Å². The minimum atomic E-state index is -0.745. The molecule has 1 atom stereocenters. The fraction of sp³-hybridized carbons (Fsp3) is 0.421. The highest BCUT2D eigenvalue weighted by Crippen LogP contribution is 2.39. The summed E-state index contributed by atoms with van der Waals surface area (Å²) in [6.45, 7) is 7.05. The van der Waals surface area contributed by atoms with E-state index in [4.69, 9.17) is 14.2 Å². The molecule has 0 fully saturated rings. The predicted molar refractivity (Wildman–Crippen MR) is 102 cm³/mol. The summed E-state index contributed by atoms with van der Waals surface area (Å²) >= 11 is 1.50. The largest absolute Gasteiger partial charge is 0.490 e. The highest BCUT2D eigenvalue weighted by Gasteiger charge is 2.19. The number of hydrogen-bond acceptors (Lipinski definition) is 6. The predicted octanol–water partition coefficient (Wildman–Crippen LogP) is 3.41. The number of hydrogen-bond donors (Lipinski definition) is 2. The van der Waals surface area contributed by atoms with Gasteiger partial charge in [0.15, 0.2) is 11.5 Å². The van der Waals surface area contributed by atoms with Gasteiger partial charge in [0.25, 0.3) is 5.91 Å². The van der Waals surface area contributed by atoms with Crippen LogP contribution in [0.15, 0.2) is 29.0 Å². The number of nitrogens with one attached hydrogen (secondary N) is 1. The molecule has 0 aliphatic rings. The van der Waals surface area contributed by atoms with E-state index in [1.54, 1.807) is 12.1 Å². The van der Waals surface area contributed by atoms with Gasteiger partial charge in [-0.25, -0.2) is 0 Å². The van der Waals surface area contributed by atoms with E-state index in [0.717, 1.165) is 5.56 Å². The quantitative estimate of drug-likeness (QED) is 0.662. The summed E-state index contributed by atoms with van der Waals surface area (Å²) in [7, 11) is 0. The van der Waals surface area contributed by atoms with E-state index >= 15 is 0 Å². The Labute approximate surface area is 157 Å². The number of thiophene rings is 1. The summed E-state index contributed by atoms with van der Waals surface area (Å²) in [5.74, 6) is 1.10. The van der Waals surface area contributed by atoms with Gasteiger partial charge < -0.3 is 24.6 Å². The zero-order chi connectivity index (χ0) is 18.9. The average Bonchev–Trinajstić information content (AvgIpc) is 3.17. The molecule has 1 aromatic heterocycles. The Kier molecular flexibility index (Phi) is 7.74. The molecule has 142 valence electrons. The summed E-state index contributed by atoms with van der Waals surface area (Å²) < 4.78 is 16.9. The van der Waals surface area contributed by atoms with Crippen molar-refractivity contribution < 1.29 is 24.1 Å². The van der Waals surface area contributed by atoms with E-state index in [-0.39, 0.29) is 12.5 Å². The lowest BCUT2D eigenvalue weighted by atomic mass is 10.1. The highest BCUT2D eigenvalue weighted by molar-refractivity contribution is 7.07. The molecule has 1 heterocycles. The number of ether oxygens (including phenoxy) is 3. The van der Waals surface area contributed by atoms with Crippen molar-refractivity contribution in [1.82, 2.24) is 5.32 Å². The normalized spacial score (nSPS) is 11.7. The van der Waals surface area contributed by atoms with E-state index < -0.39 is 6.10 Å². The van der Waals surface area contributed by atoms with E-state index in [1.807, 2.05) is 37.6 Å². The molecule has 2 aromatic rings. The van der Waals surface area contributed by atoms with Gasteiger partial charge in [-0.3, -0.25) is 4.79 Å². The van der Waals surface area contributed by atoms with Crippen LogP contribution in [0.25, 0.3) is 0 Å². The Morgan fingerprint density at radius 3 is 2.23 bits per heavy atom. The molecule has 26 heavy (non-hydrogen) atoms. The molecule has 1 amide bonds. The van der Waals surface area contributed by atoms with E-state index in [9.17, 15) is 9.90 Å². The van der Waals surface area contributed by atoms with Gasteiger partial charge in [0.1, 0.15) is 0 Å². The highest BCUT2D eigenvalue weighted by atomic mass is 32.1. The Morgan fingerprint density at radius 1 is 1.12 bits per heavy atom. The van der Waals surface area contributed by atoms with E-state index in [1.165, 1.54) is 11.3 Å². The Bertz CT molecular complexity index is 675. The molecule has 0 aliphatic heterocycles. The average molecular weight is 379 g/mol. The SMILES string of the molecule is CCOc1cc(C(=O)NCC(O)c2ccsc2)cc(OCC)c1OCC. The van der Waals surface area contributed by atoms with Gasteiger partial charge in [0.2, 0.25) is 5.75 Å². The summed E-state index contributed by atoms with van der Waals surface area (Å²) in [4.78, 5) is 12.5. The molecular formula is C19H25NO5S. The third-order valence-corrected chi connectivity index (χ3v) is 4.26. The summed E-state index contributed by atoms with van der Waals surface area (Å²) in [5, 5.41) is 16.6. The van der Waals surface area contributed by atoms with Crippen molar-refractivity contribution >= 4 is 17.2 Å². The second kappa shape index (κ2) is 10.0. The zero-order valence-electron chi connectivity index (χ0n) is 15.3. The molecule has 6 nitrogen and oxygen atoms in total. The van der Waals surface area contributed by atoms with Crippen LogP contribution >= 0.6 is 11.3 Å². The third kappa shape index (κ3) is 5.12. The number of amides is 1. The number of aliphatic hydroxyl groups is 1. The summed E-state index contributed by atoms with van der Waals surface area (Å²) in [6, 6.07) is 5.09. The number of carbonyl (C=O) groups is 1. The number of rotatable bonds is 10. The van der Waals surface area contributed by atoms with Crippen molar-refractivity contribution in [2.75, 3.05) is 26.4 Å². The Morgan fingerprint density at radius 2 is 1.73 bits per heavy atom. The number of benzene rings is 1. The maximum Gasteiger partial charge on any atom is 0.251 e. The lowest BCUT2D eigenvalue weighted by Gasteiger charge is -2.17. The van der Waals surface area contributed by atoms with Gasteiger partial charge in [0, 0.05) is 12.1 Å². The minimum absolute atomic E-state index is 0.122. The fourth-order valence-electron chi connectivity index (χ4n) is 2.39.